The zero-order valence-corrected chi connectivity index (χ0v) is 12.8. The smallest absolute Gasteiger partial charge is 0.305 e. The first kappa shape index (κ1) is 15.8. The van der Waals surface area contributed by atoms with Gasteiger partial charge in [0, 0.05) is 18.6 Å². The quantitative estimate of drug-likeness (QED) is 0.788. The number of nitrogens with zero attached hydrogens (tertiary/aromatic N) is 1. The van der Waals surface area contributed by atoms with Gasteiger partial charge in [-0.05, 0) is 25.2 Å². The average molecular weight is 283 g/mol. The fourth-order valence-corrected chi connectivity index (χ4v) is 4.08. The molecule has 4 nitrogen and oxygen atoms in total. The van der Waals surface area contributed by atoms with Crippen LogP contribution in [-0.2, 0) is 9.53 Å². The lowest BCUT2D eigenvalue weighted by Crippen LogP contribution is -2.54. The van der Waals surface area contributed by atoms with E-state index in [1.807, 2.05) is 0 Å². The summed E-state index contributed by atoms with van der Waals surface area (Å²) in [5.74, 6) is 0.155. The monoisotopic (exact) mass is 283 g/mol. The van der Waals surface area contributed by atoms with E-state index in [-0.39, 0.29) is 5.54 Å². The van der Waals surface area contributed by atoms with Gasteiger partial charge in [-0.15, -0.1) is 0 Å². The number of carboxylic acid groups (broad SMARTS) is 1. The standard InChI is InChI=1S/C16H29NO3/c1-2-4-14-5-3-7-16(8-6-14,13-15(18)19)17-9-11-20-12-10-17/h14H,2-13H2,1H3,(H,18,19). The second-order valence-corrected chi connectivity index (χ2v) is 6.48. The van der Waals surface area contributed by atoms with Crippen molar-refractivity contribution in [2.75, 3.05) is 26.3 Å². The van der Waals surface area contributed by atoms with Crippen molar-refractivity contribution in [3.05, 3.63) is 0 Å². The zero-order chi connectivity index (χ0) is 14.4. The highest BCUT2D eigenvalue weighted by Crippen LogP contribution is 2.39. The summed E-state index contributed by atoms with van der Waals surface area (Å²) in [6.07, 6.45) is 8.57. The number of ether oxygens (including phenoxy) is 1. The lowest BCUT2D eigenvalue weighted by molar-refractivity contribution is -0.142. The Kier molecular flexibility index (Phi) is 5.85. The third kappa shape index (κ3) is 3.95. The van der Waals surface area contributed by atoms with Crippen molar-refractivity contribution in [1.82, 2.24) is 4.90 Å². The van der Waals surface area contributed by atoms with Gasteiger partial charge in [0.05, 0.1) is 19.6 Å². The third-order valence-corrected chi connectivity index (χ3v) is 5.13. The van der Waals surface area contributed by atoms with E-state index in [0.29, 0.717) is 6.42 Å². The number of rotatable bonds is 5. The minimum Gasteiger partial charge on any atom is -0.481 e. The molecule has 20 heavy (non-hydrogen) atoms. The van der Waals surface area contributed by atoms with Crippen molar-refractivity contribution in [2.45, 2.75) is 63.8 Å². The van der Waals surface area contributed by atoms with Crippen LogP contribution < -0.4 is 0 Å². The Labute approximate surface area is 122 Å². The molecule has 1 heterocycles. The molecule has 0 radical (unpaired) electrons. The molecule has 0 spiro atoms. The summed E-state index contributed by atoms with van der Waals surface area (Å²) in [6, 6.07) is 0. The van der Waals surface area contributed by atoms with Gasteiger partial charge >= 0.3 is 5.97 Å². The first-order chi connectivity index (χ1) is 9.66. The molecule has 1 saturated carbocycles. The van der Waals surface area contributed by atoms with Gasteiger partial charge in [0.1, 0.15) is 0 Å². The SMILES string of the molecule is CCCC1CCCC(CC(=O)O)(N2CCOCC2)CC1. The molecule has 2 aliphatic rings. The molecular formula is C16H29NO3. The van der Waals surface area contributed by atoms with Crippen LogP contribution in [0.5, 0.6) is 0 Å². The maximum atomic E-state index is 11.4. The molecule has 1 aliphatic carbocycles. The van der Waals surface area contributed by atoms with Crippen molar-refractivity contribution in [3.63, 3.8) is 0 Å². The van der Waals surface area contributed by atoms with E-state index in [1.165, 1.54) is 32.1 Å². The van der Waals surface area contributed by atoms with E-state index in [4.69, 9.17) is 4.74 Å². The van der Waals surface area contributed by atoms with E-state index in [1.54, 1.807) is 0 Å². The number of morpholine rings is 1. The Morgan fingerprint density at radius 3 is 2.70 bits per heavy atom. The van der Waals surface area contributed by atoms with Crippen molar-refractivity contribution in [3.8, 4) is 0 Å². The van der Waals surface area contributed by atoms with E-state index in [2.05, 4.69) is 11.8 Å². The predicted octanol–water partition coefficient (Wildman–Crippen LogP) is 2.91. The fraction of sp³-hybridized carbons (Fsp3) is 0.938. The third-order valence-electron chi connectivity index (χ3n) is 5.13. The minimum absolute atomic E-state index is 0.113. The molecule has 0 amide bonds. The van der Waals surface area contributed by atoms with E-state index in [0.717, 1.165) is 45.1 Å². The van der Waals surface area contributed by atoms with Gasteiger partial charge in [0.15, 0.2) is 0 Å². The van der Waals surface area contributed by atoms with Crippen LogP contribution in [0.4, 0.5) is 0 Å². The Bertz CT molecular complexity index is 315. The molecule has 1 aliphatic heterocycles. The maximum absolute atomic E-state index is 11.4. The number of hydrogen-bond acceptors (Lipinski definition) is 3. The van der Waals surface area contributed by atoms with Gasteiger partial charge in [-0.1, -0.05) is 32.6 Å². The summed E-state index contributed by atoms with van der Waals surface area (Å²) in [7, 11) is 0. The molecule has 2 unspecified atom stereocenters. The summed E-state index contributed by atoms with van der Waals surface area (Å²) >= 11 is 0. The zero-order valence-electron chi connectivity index (χ0n) is 12.8. The summed E-state index contributed by atoms with van der Waals surface area (Å²) in [4.78, 5) is 13.8. The lowest BCUT2D eigenvalue weighted by atomic mass is 9.83. The first-order valence-corrected chi connectivity index (χ1v) is 8.21. The first-order valence-electron chi connectivity index (χ1n) is 8.21. The van der Waals surface area contributed by atoms with E-state index >= 15 is 0 Å². The second-order valence-electron chi connectivity index (χ2n) is 6.48. The number of hydrogen-bond donors (Lipinski definition) is 1. The highest BCUT2D eigenvalue weighted by atomic mass is 16.5. The molecule has 0 bridgehead atoms. The van der Waals surface area contributed by atoms with Crippen molar-refractivity contribution in [2.24, 2.45) is 5.92 Å². The van der Waals surface area contributed by atoms with Gasteiger partial charge in [0.2, 0.25) is 0 Å². The van der Waals surface area contributed by atoms with Gasteiger partial charge in [-0.2, -0.15) is 0 Å². The molecule has 0 aromatic rings. The molecule has 2 atom stereocenters. The minimum atomic E-state index is -0.648. The van der Waals surface area contributed by atoms with Crippen LogP contribution in [0.3, 0.4) is 0 Å². The van der Waals surface area contributed by atoms with E-state index in [9.17, 15) is 9.90 Å². The Balaban J connectivity index is 2.07. The molecule has 4 heteroatoms. The Morgan fingerprint density at radius 2 is 2.05 bits per heavy atom. The highest BCUT2D eigenvalue weighted by molar-refractivity contribution is 5.68. The van der Waals surface area contributed by atoms with Crippen LogP contribution in [0, 0.1) is 5.92 Å². The molecule has 116 valence electrons. The molecule has 0 aromatic carbocycles. The molecule has 0 aromatic heterocycles. The lowest BCUT2D eigenvalue weighted by Gasteiger charge is -2.45. The van der Waals surface area contributed by atoms with Crippen LogP contribution >= 0.6 is 0 Å². The van der Waals surface area contributed by atoms with Crippen molar-refractivity contribution >= 4 is 5.97 Å². The molecule has 2 rings (SSSR count). The van der Waals surface area contributed by atoms with Crippen LogP contribution in [0.15, 0.2) is 0 Å². The second kappa shape index (κ2) is 7.41. The number of aliphatic carboxylic acids is 1. The van der Waals surface area contributed by atoms with Gasteiger partial charge in [-0.25, -0.2) is 0 Å². The van der Waals surface area contributed by atoms with Crippen LogP contribution in [0.2, 0.25) is 0 Å². The summed E-state index contributed by atoms with van der Waals surface area (Å²) in [5.41, 5.74) is -0.113. The molecule has 1 saturated heterocycles. The topological polar surface area (TPSA) is 49.8 Å². The molecule has 1 N–H and O–H groups in total. The van der Waals surface area contributed by atoms with Crippen LogP contribution in [0.1, 0.15) is 58.3 Å². The predicted molar refractivity (Wildman–Crippen MR) is 78.9 cm³/mol. The van der Waals surface area contributed by atoms with Gasteiger partial charge in [0.25, 0.3) is 0 Å². The summed E-state index contributed by atoms with van der Waals surface area (Å²) in [6.45, 7) is 5.54. The normalized spacial score (nSPS) is 32.8. The van der Waals surface area contributed by atoms with Crippen molar-refractivity contribution < 1.29 is 14.6 Å². The number of carboxylic acids is 1. The fourth-order valence-electron chi connectivity index (χ4n) is 4.08. The average Bonchev–Trinajstić information content (AvgIpc) is 2.64. The summed E-state index contributed by atoms with van der Waals surface area (Å²) in [5, 5.41) is 9.36. The number of carbonyl (C=O) groups is 1. The Morgan fingerprint density at radius 1 is 1.30 bits per heavy atom. The van der Waals surface area contributed by atoms with Gasteiger partial charge < -0.3 is 9.84 Å². The summed E-state index contributed by atoms with van der Waals surface area (Å²) < 4.78 is 5.44. The van der Waals surface area contributed by atoms with E-state index < -0.39 is 5.97 Å². The van der Waals surface area contributed by atoms with Crippen molar-refractivity contribution in [1.29, 1.82) is 0 Å². The highest BCUT2D eigenvalue weighted by Gasteiger charge is 2.40. The largest absolute Gasteiger partial charge is 0.481 e. The Hall–Kier alpha value is -0.610. The van der Waals surface area contributed by atoms with Crippen LogP contribution in [0.25, 0.3) is 0 Å². The van der Waals surface area contributed by atoms with Gasteiger partial charge in [-0.3, -0.25) is 9.69 Å². The maximum Gasteiger partial charge on any atom is 0.305 e. The molecular weight excluding hydrogens is 254 g/mol. The molecule has 2 fully saturated rings. The van der Waals surface area contributed by atoms with Crippen LogP contribution in [-0.4, -0.2) is 47.8 Å².